The molecule has 1 N–H and O–H groups in total. The van der Waals surface area contributed by atoms with Gasteiger partial charge in [-0.25, -0.2) is 14.2 Å². The molecule has 1 aromatic carbocycles. The third-order valence-corrected chi connectivity index (χ3v) is 6.21. The molecule has 2 heterocycles. The summed E-state index contributed by atoms with van der Waals surface area (Å²) in [6, 6.07) is 2.93. The smallest absolute Gasteiger partial charge is 0.317 e. The lowest BCUT2D eigenvalue weighted by Crippen LogP contribution is -2.60. The number of ether oxygens (including phenoxy) is 3. The highest BCUT2D eigenvalue weighted by Gasteiger charge is 2.34. The molecule has 1 aliphatic heterocycles. The fourth-order valence-corrected chi connectivity index (χ4v) is 4.51. The van der Waals surface area contributed by atoms with Crippen LogP contribution in [-0.2, 0) is 9.47 Å². The highest BCUT2D eigenvalue weighted by Crippen LogP contribution is 2.30. The fraction of sp³-hybridized carbons (Fsp3) is 0.600. The number of amides is 2. The van der Waals surface area contributed by atoms with E-state index in [0.29, 0.717) is 37.6 Å². The van der Waals surface area contributed by atoms with Gasteiger partial charge in [-0.2, -0.15) is 0 Å². The zero-order valence-corrected chi connectivity index (χ0v) is 17.3. The summed E-state index contributed by atoms with van der Waals surface area (Å²) < 4.78 is 31.2. The topological polar surface area (TPSA) is 72.9 Å². The molecule has 158 valence electrons. The number of nitrogens with one attached hydrogen (secondary N) is 1. The summed E-state index contributed by atoms with van der Waals surface area (Å²) in [5.74, 6) is 0.102. The third kappa shape index (κ3) is 4.96. The Morgan fingerprint density at radius 3 is 2.79 bits per heavy atom. The molecule has 1 aliphatic carbocycles. The molecular formula is C20H26FN3O4S. The van der Waals surface area contributed by atoms with Gasteiger partial charge in [0.2, 0.25) is 0 Å². The van der Waals surface area contributed by atoms with Crippen LogP contribution in [0.25, 0.3) is 10.2 Å². The molecule has 9 heteroatoms. The Morgan fingerprint density at radius 1 is 1.24 bits per heavy atom. The number of benzene rings is 1. The molecule has 0 atom stereocenters. The van der Waals surface area contributed by atoms with Crippen LogP contribution in [0, 0.1) is 5.82 Å². The number of hydrogen-bond acceptors (Lipinski definition) is 6. The van der Waals surface area contributed by atoms with Gasteiger partial charge in [-0.05, 0) is 31.7 Å². The Morgan fingerprint density at radius 2 is 2.03 bits per heavy atom. The molecule has 0 unspecified atom stereocenters. The van der Waals surface area contributed by atoms with Crippen molar-refractivity contribution in [3.05, 3.63) is 23.5 Å². The molecule has 1 aromatic heterocycles. The number of nitrogens with zero attached hydrogens (tertiary/aromatic N) is 2. The first kappa shape index (κ1) is 20.3. The molecule has 7 nitrogen and oxygen atoms in total. The molecule has 2 amide bonds. The van der Waals surface area contributed by atoms with Gasteiger partial charge in [-0.1, -0.05) is 0 Å². The number of thiazole rings is 1. The highest BCUT2D eigenvalue weighted by molar-refractivity contribution is 7.16. The van der Waals surface area contributed by atoms with Crippen LogP contribution < -0.4 is 10.1 Å². The van der Waals surface area contributed by atoms with Crippen molar-refractivity contribution < 1.29 is 23.4 Å². The van der Waals surface area contributed by atoms with Gasteiger partial charge in [0.1, 0.15) is 23.2 Å². The van der Waals surface area contributed by atoms with E-state index in [9.17, 15) is 9.18 Å². The van der Waals surface area contributed by atoms with E-state index in [0.717, 1.165) is 30.4 Å². The maximum Gasteiger partial charge on any atom is 0.317 e. The third-order valence-electron chi connectivity index (χ3n) is 5.44. The Bertz CT molecular complexity index is 834. The number of methoxy groups -OCH3 is 1. The number of fused-ring (bicyclic) bond motifs is 1. The molecule has 2 aromatic rings. The maximum atomic E-state index is 13.7. The summed E-state index contributed by atoms with van der Waals surface area (Å²) >= 11 is 1.38. The Balaban J connectivity index is 1.19. The van der Waals surface area contributed by atoms with Crippen LogP contribution in [0.1, 0.15) is 25.7 Å². The predicted molar refractivity (Wildman–Crippen MR) is 108 cm³/mol. The number of halogens is 1. The van der Waals surface area contributed by atoms with Crippen molar-refractivity contribution in [2.45, 2.75) is 43.9 Å². The van der Waals surface area contributed by atoms with Crippen molar-refractivity contribution >= 4 is 27.6 Å². The Labute approximate surface area is 173 Å². The molecule has 1 saturated heterocycles. The van der Waals surface area contributed by atoms with E-state index in [1.54, 1.807) is 17.5 Å². The number of carbonyl (C=O) groups is 1. The van der Waals surface area contributed by atoms with Crippen LogP contribution in [0.15, 0.2) is 17.6 Å². The second kappa shape index (κ2) is 9.23. The van der Waals surface area contributed by atoms with E-state index in [1.165, 1.54) is 23.5 Å². The quantitative estimate of drug-likeness (QED) is 0.693. The first-order valence-corrected chi connectivity index (χ1v) is 10.9. The summed E-state index contributed by atoms with van der Waals surface area (Å²) in [7, 11) is 1.67. The standard InChI is InChI=1S/C20H26FN3O4S/c1-26-6-7-27-15-4-2-14(3-5-15)23-20(25)24-10-16(11-24)28-17-8-13(21)9-18-19(17)22-12-29-18/h8-9,12,14-16H,2-7,10-11H2,1H3,(H,23,25)/t14-,15-. The summed E-state index contributed by atoms with van der Waals surface area (Å²) in [4.78, 5) is 18.4. The van der Waals surface area contributed by atoms with Gasteiger partial charge < -0.3 is 24.4 Å². The first-order chi connectivity index (χ1) is 14.1. The summed E-state index contributed by atoms with van der Waals surface area (Å²) in [6.45, 7) is 2.21. The first-order valence-electron chi connectivity index (χ1n) is 9.97. The lowest BCUT2D eigenvalue weighted by molar-refractivity contribution is -0.00473. The maximum absolute atomic E-state index is 13.7. The van der Waals surface area contributed by atoms with Gasteiger partial charge in [0.05, 0.1) is 42.6 Å². The van der Waals surface area contributed by atoms with Gasteiger partial charge >= 0.3 is 6.03 Å². The molecule has 0 radical (unpaired) electrons. The molecule has 4 rings (SSSR count). The summed E-state index contributed by atoms with van der Waals surface area (Å²) in [5.41, 5.74) is 2.35. The highest BCUT2D eigenvalue weighted by atomic mass is 32.1. The minimum atomic E-state index is -0.340. The van der Waals surface area contributed by atoms with Crippen molar-refractivity contribution in [3.8, 4) is 5.75 Å². The van der Waals surface area contributed by atoms with Gasteiger partial charge in [-0.15, -0.1) is 11.3 Å². The number of hydrogen-bond donors (Lipinski definition) is 1. The lowest BCUT2D eigenvalue weighted by atomic mass is 9.93. The second-order valence-corrected chi connectivity index (χ2v) is 8.42. The molecular weight excluding hydrogens is 397 g/mol. The van der Waals surface area contributed by atoms with Crippen LogP contribution in [0.3, 0.4) is 0 Å². The van der Waals surface area contributed by atoms with E-state index in [4.69, 9.17) is 14.2 Å². The number of likely N-dealkylation sites (tertiary alicyclic amines) is 1. The van der Waals surface area contributed by atoms with Crippen molar-refractivity contribution in [2.24, 2.45) is 0 Å². The van der Waals surface area contributed by atoms with Crippen molar-refractivity contribution in [1.82, 2.24) is 15.2 Å². The van der Waals surface area contributed by atoms with Crippen molar-refractivity contribution in [3.63, 3.8) is 0 Å². The Kier molecular flexibility index (Phi) is 6.46. The average molecular weight is 424 g/mol. The molecule has 0 spiro atoms. The van der Waals surface area contributed by atoms with Crippen LogP contribution in [0.5, 0.6) is 5.75 Å². The van der Waals surface area contributed by atoms with E-state index in [2.05, 4.69) is 10.3 Å². The number of aromatic nitrogens is 1. The van der Waals surface area contributed by atoms with Gasteiger partial charge in [0.25, 0.3) is 0 Å². The van der Waals surface area contributed by atoms with Crippen molar-refractivity contribution in [1.29, 1.82) is 0 Å². The van der Waals surface area contributed by atoms with E-state index < -0.39 is 0 Å². The SMILES string of the molecule is COCCO[C@H]1CC[C@H](NC(=O)N2CC(Oc3cc(F)cc4scnc34)C2)CC1. The second-order valence-electron chi connectivity index (χ2n) is 7.53. The van der Waals surface area contributed by atoms with E-state index in [1.807, 2.05) is 0 Å². The largest absolute Gasteiger partial charge is 0.484 e. The average Bonchev–Trinajstić information content (AvgIpc) is 3.14. The number of urea groups is 1. The monoisotopic (exact) mass is 423 g/mol. The summed E-state index contributed by atoms with van der Waals surface area (Å²) in [6.07, 6.45) is 3.85. The number of rotatable bonds is 7. The van der Waals surface area contributed by atoms with Crippen molar-refractivity contribution in [2.75, 3.05) is 33.4 Å². The Hall–Kier alpha value is -1.97. The minimum Gasteiger partial charge on any atom is -0.484 e. The van der Waals surface area contributed by atoms with Crippen LogP contribution in [0.4, 0.5) is 9.18 Å². The van der Waals surface area contributed by atoms with E-state index >= 15 is 0 Å². The normalized spacial score (nSPS) is 22.5. The zero-order chi connectivity index (χ0) is 20.2. The van der Waals surface area contributed by atoms with Gasteiger partial charge in [-0.3, -0.25) is 0 Å². The van der Waals surface area contributed by atoms with Gasteiger partial charge in [0.15, 0.2) is 0 Å². The van der Waals surface area contributed by atoms with E-state index in [-0.39, 0.29) is 30.1 Å². The van der Waals surface area contributed by atoms with Gasteiger partial charge in [0, 0.05) is 19.2 Å². The number of carbonyl (C=O) groups excluding carboxylic acids is 1. The minimum absolute atomic E-state index is 0.0633. The van der Waals surface area contributed by atoms with Crippen LogP contribution in [0.2, 0.25) is 0 Å². The molecule has 2 aliphatic rings. The molecule has 1 saturated carbocycles. The predicted octanol–water partition coefficient (Wildman–Crippen LogP) is 3.18. The van der Waals surface area contributed by atoms with Crippen LogP contribution in [-0.4, -0.2) is 67.6 Å². The zero-order valence-electron chi connectivity index (χ0n) is 16.4. The lowest BCUT2D eigenvalue weighted by Gasteiger charge is -2.40. The molecule has 0 bridgehead atoms. The van der Waals surface area contributed by atoms with Crippen LogP contribution >= 0.6 is 11.3 Å². The summed E-state index contributed by atoms with van der Waals surface area (Å²) in [5, 5.41) is 3.11. The molecule has 2 fully saturated rings. The fourth-order valence-electron chi connectivity index (χ4n) is 3.79. The molecule has 29 heavy (non-hydrogen) atoms.